The minimum absolute atomic E-state index is 0.120. The van der Waals surface area contributed by atoms with E-state index in [2.05, 4.69) is 4.98 Å². The van der Waals surface area contributed by atoms with Gasteiger partial charge in [-0.3, -0.25) is 4.79 Å². The van der Waals surface area contributed by atoms with Gasteiger partial charge in [-0.25, -0.2) is 4.39 Å². The number of rotatable bonds is 2. The van der Waals surface area contributed by atoms with Gasteiger partial charge >= 0.3 is 0 Å². The Morgan fingerprint density at radius 3 is 2.80 bits per heavy atom. The lowest BCUT2D eigenvalue weighted by Gasteiger charge is -2.01. The molecule has 2 aromatic rings. The van der Waals surface area contributed by atoms with Gasteiger partial charge in [0.25, 0.3) is 0 Å². The van der Waals surface area contributed by atoms with Crippen LogP contribution in [0.2, 0.25) is 0 Å². The largest absolute Gasteiger partial charge is 0.367 e. The van der Waals surface area contributed by atoms with Crippen molar-refractivity contribution in [2.75, 3.05) is 0 Å². The quantitative estimate of drug-likeness (QED) is 0.748. The van der Waals surface area contributed by atoms with Crippen molar-refractivity contribution in [2.24, 2.45) is 0 Å². The predicted octanol–water partition coefficient (Wildman–Crippen LogP) is 2.69. The fraction of sp³-hybridized carbons (Fsp3) is 0.0833. The van der Waals surface area contributed by atoms with Crippen LogP contribution in [0.15, 0.2) is 36.7 Å². The van der Waals surface area contributed by atoms with Gasteiger partial charge in [-0.1, -0.05) is 11.6 Å². The molecule has 3 heteroatoms. The standard InChI is InChI=1S/C12H10FNO/c1-8-2-3-11(13)10(6-8)12(15)9-4-5-14-7-9/h2-7,14H,1H3. The maximum Gasteiger partial charge on any atom is 0.197 e. The SMILES string of the molecule is Cc1ccc(F)c(C(=O)c2cc[nH]c2)c1. The zero-order valence-corrected chi connectivity index (χ0v) is 8.25. The number of carbonyl (C=O) groups excluding carboxylic acids is 1. The van der Waals surface area contributed by atoms with E-state index in [1.165, 1.54) is 6.07 Å². The van der Waals surface area contributed by atoms with Gasteiger partial charge in [0.15, 0.2) is 5.78 Å². The van der Waals surface area contributed by atoms with E-state index in [1.807, 2.05) is 6.92 Å². The number of ketones is 1. The predicted molar refractivity (Wildman–Crippen MR) is 55.4 cm³/mol. The summed E-state index contributed by atoms with van der Waals surface area (Å²) >= 11 is 0. The molecule has 1 heterocycles. The molecule has 0 unspecified atom stereocenters. The fourth-order valence-corrected chi connectivity index (χ4v) is 1.43. The second kappa shape index (κ2) is 3.69. The van der Waals surface area contributed by atoms with E-state index in [9.17, 15) is 9.18 Å². The molecule has 2 rings (SSSR count). The van der Waals surface area contributed by atoms with Crippen LogP contribution in [-0.4, -0.2) is 10.8 Å². The number of hydrogen-bond donors (Lipinski definition) is 1. The van der Waals surface area contributed by atoms with Gasteiger partial charge in [-0.2, -0.15) is 0 Å². The lowest BCUT2D eigenvalue weighted by atomic mass is 10.0. The summed E-state index contributed by atoms with van der Waals surface area (Å²) in [6.07, 6.45) is 3.20. The Morgan fingerprint density at radius 1 is 1.33 bits per heavy atom. The number of benzene rings is 1. The van der Waals surface area contributed by atoms with Crippen molar-refractivity contribution in [3.05, 3.63) is 59.2 Å². The summed E-state index contributed by atoms with van der Waals surface area (Å²) in [6.45, 7) is 1.83. The number of carbonyl (C=O) groups is 1. The first-order valence-electron chi connectivity index (χ1n) is 4.62. The Labute approximate surface area is 86.8 Å². The van der Waals surface area contributed by atoms with Crippen molar-refractivity contribution in [3.8, 4) is 0 Å². The molecule has 0 fully saturated rings. The third kappa shape index (κ3) is 1.81. The molecule has 0 saturated carbocycles. The van der Waals surface area contributed by atoms with Gasteiger partial charge in [-0.15, -0.1) is 0 Å². The maximum atomic E-state index is 13.4. The molecule has 0 radical (unpaired) electrons. The third-order valence-electron chi connectivity index (χ3n) is 2.23. The second-order valence-corrected chi connectivity index (χ2v) is 3.41. The van der Waals surface area contributed by atoms with Gasteiger partial charge in [0, 0.05) is 18.0 Å². The number of hydrogen-bond acceptors (Lipinski definition) is 1. The third-order valence-corrected chi connectivity index (χ3v) is 2.23. The molecule has 15 heavy (non-hydrogen) atoms. The smallest absolute Gasteiger partial charge is 0.197 e. The van der Waals surface area contributed by atoms with Crippen LogP contribution < -0.4 is 0 Å². The molecule has 1 N–H and O–H groups in total. The van der Waals surface area contributed by atoms with E-state index in [-0.39, 0.29) is 11.3 Å². The molecule has 1 aromatic carbocycles. The highest BCUT2D eigenvalue weighted by atomic mass is 19.1. The van der Waals surface area contributed by atoms with Crippen molar-refractivity contribution in [2.45, 2.75) is 6.92 Å². The fourth-order valence-electron chi connectivity index (χ4n) is 1.43. The number of aromatic amines is 1. The molecule has 0 aliphatic carbocycles. The molecule has 0 bridgehead atoms. The van der Waals surface area contributed by atoms with Gasteiger partial charge in [0.2, 0.25) is 0 Å². The normalized spacial score (nSPS) is 10.3. The van der Waals surface area contributed by atoms with Gasteiger partial charge in [0.05, 0.1) is 5.56 Å². The molecule has 0 amide bonds. The minimum atomic E-state index is -0.480. The molecule has 0 aliphatic heterocycles. The van der Waals surface area contributed by atoms with Gasteiger partial charge in [-0.05, 0) is 25.1 Å². The van der Waals surface area contributed by atoms with Crippen molar-refractivity contribution in [3.63, 3.8) is 0 Å². The number of H-pyrrole nitrogens is 1. The van der Waals surface area contributed by atoms with E-state index in [1.54, 1.807) is 30.6 Å². The van der Waals surface area contributed by atoms with Crippen LogP contribution in [0.1, 0.15) is 21.5 Å². The van der Waals surface area contributed by atoms with Crippen LogP contribution in [0.5, 0.6) is 0 Å². The molecule has 2 nitrogen and oxygen atoms in total. The van der Waals surface area contributed by atoms with Crippen LogP contribution in [0.4, 0.5) is 4.39 Å². The molecular weight excluding hydrogens is 193 g/mol. The van der Waals surface area contributed by atoms with E-state index < -0.39 is 5.82 Å². The van der Waals surface area contributed by atoms with Gasteiger partial charge < -0.3 is 4.98 Å². The monoisotopic (exact) mass is 203 g/mol. The lowest BCUT2D eigenvalue weighted by Crippen LogP contribution is -2.03. The molecule has 0 atom stereocenters. The van der Waals surface area contributed by atoms with E-state index in [4.69, 9.17) is 0 Å². The zero-order chi connectivity index (χ0) is 10.8. The average Bonchev–Trinajstić information content (AvgIpc) is 2.74. The highest BCUT2D eigenvalue weighted by Gasteiger charge is 2.13. The molecule has 0 saturated heterocycles. The van der Waals surface area contributed by atoms with Crippen LogP contribution in [0, 0.1) is 12.7 Å². The Bertz CT molecular complexity index is 488. The summed E-state index contributed by atoms with van der Waals surface area (Å²) in [5.74, 6) is -0.774. The number of aryl methyl sites for hydroxylation is 1. The summed E-state index contributed by atoms with van der Waals surface area (Å²) in [7, 11) is 0. The minimum Gasteiger partial charge on any atom is -0.367 e. The summed E-state index contributed by atoms with van der Waals surface area (Å²) in [6, 6.07) is 6.15. The number of nitrogens with one attached hydrogen (secondary N) is 1. The summed E-state index contributed by atoms with van der Waals surface area (Å²) in [4.78, 5) is 14.6. The summed E-state index contributed by atoms with van der Waals surface area (Å²) < 4.78 is 13.4. The Kier molecular flexibility index (Phi) is 2.37. The molecule has 0 aliphatic rings. The van der Waals surface area contributed by atoms with Crippen LogP contribution in [-0.2, 0) is 0 Å². The summed E-state index contributed by atoms with van der Waals surface area (Å²) in [5, 5.41) is 0. The van der Waals surface area contributed by atoms with Crippen LogP contribution >= 0.6 is 0 Å². The zero-order valence-electron chi connectivity index (χ0n) is 8.25. The highest BCUT2D eigenvalue weighted by molar-refractivity contribution is 6.09. The highest BCUT2D eigenvalue weighted by Crippen LogP contribution is 2.14. The van der Waals surface area contributed by atoms with Crippen molar-refractivity contribution in [1.29, 1.82) is 0 Å². The van der Waals surface area contributed by atoms with Crippen molar-refractivity contribution in [1.82, 2.24) is 4.98 Å². The van der Waals surface area contributed by atoms with Crippen molar-refractivity contribution >= 4 is 5.78 Å². The van der Waals surface area contributed by atoms with E-state index in [0.29, 0.717) is 5.56 Å². The maximum absolute atomic E-state index is 13.4. The molecule has 0 spiro atoms. The molecule has 1 aromatic heterocycles. The number of halogens is 1. The Morgan fingerprint density at radius 2 is 2.13 bits per heavy atom. The molecule has 76 valence electrons. The first kappa shape index (κ1) is 9.65. The average molecular weight is 203 g/mol. The molecular formula is C12H10FNO. The lowest BCUT2D eigenvalue weighted by molar-refractivity contribution is 0.103. The Balaban J connectivity index is 2.46. The van der Waals surface area contributed by atoms with E-state index >= 15 is 0 Å². The van der Waals surface area contributed by atoms with E-state index in [0.717, 1.165) is 5.56 Å². The summed E-state index contributed by atoms with van der Waals surface area (Å²) in [5.41, 5.74) is 1.46. The van der Waals surface area contributed by atoms with Crippen LogP contribution in [0.3, 0.4) is 0 Å². The van der Waals surface area contributed by atoms with Crippen LogP contribution in [0.25, 0.3) is 0 Å². The van der Waals surface area contributed by atoms with Gasteiger partial charge in [0.1, 0.15) is 5.82 Å². The topological polar surface area (TPSA) is 32.9 Å². The first-order chi connectivity index (χ1) is 7.18. The number of aromatic nitrogens is 1. The second-order valence-electron chi connectivity index (χ2n) is 3.41. The van der Waals surface area contributed by atoms with Crippen molar-refractivity contribution < 1.29 is 9.18 Å². The Hall–Kier alpha value is -1.90. The first-order valence-corrected chi connectivity index (χ1v) is 4.62.